The van der Waals surface area contributed by atoms with E-state index in [4.69, 9.17) is 12.2 Å². The number of H-pyrrole nitrogens is 1. The molecule has 25 heavy (non-hydrogen) atoms. The summed E-state index contributed by atoms with van der Waals surface area (Å²) in [7, 11) is 0. The number of amides is 1. The van der Waals surface area contributed by atoms with Crippen molar-refractivity contribution in [1.29, 1.82) is 0 Å². The lowest BCUT2D eigenvalue weighted by Crippen LogP contribution is -2.40. The van der Waals surface area contributed by atoms with Crippen LogP contribution in [0.2, 0.25) is 0 Å². The van der Waals surface area contributed by atoms with E-state index in [0.717, 1.165) is 43.9 Å². The molecule has 0 spiro atoms. The molecule has 6 heteroatoms. The van der Waals surface area contributed by atoms with Gasteiger partial charge in [-0.25, -0.2) is 0 Å². The minimum Gasteiger partial charge on any atom is -0.342 e. The summed E-state index contributed by atoms with van der Waals surface area (Å²) in [6.45, 7) is 8.57. The van der Waals surface area contributed by atoms with Crippen molar-refractivity contribution < 1.29 is 4.79 Å². The largest absolute Gasteiger partial charge is 0.342 e. The molecule has 1 fully saturated rings. The van der Waals surface area contributed by atoms with E-state index >= 15 is 0 Å². The highest BCUT2D eigenvalue weighted by Gasteiger charge is 2.28. The van der Waals surface area contributed by atoms with Crippen LogP contribution in [-0.4, -0.2) is 38.7 Å². The van der Waals surface area contributed by atoms with E-state index in [2.05, 4.69) is 49.2 Å². The van der Waals surface area contributed by atoms with Crippen molar-refractivity contribution in [3.63, 3.8) is 0 Å². The van der Waals surface area contributed by atoms with Crippen LogP contribution in [0.3, 0.4) is 0 Å². The first-order valence-electron chi connectivity index (χ1n) is 8.98. The van der Waals surface area contributed by atoms with Crippen molar-refractivity contribution in [3.8, 4) is 0 Å². The number of carbonyl (C=O) groups excluding carboxylic acids is 1. The van der Waals surface area contributed by atoms with Gasteiger partial charge in [-0.3, -0.25) is 9.89 Å². The van der Waals surface area contributed by atoms with Gasteiger partial charge < -0.3 is 9.47 Å². The third-order valence-corrected chi connectivity index (χ3v) is 5.40. The summed E-state index contributed by atoms with van der Waals surface area (Å²) in [6.07, 6.45) is 2.53. The topological polar surface area (TPSA) is 53.9 Å². The zero-order chi connectivity index (χ0) is 18.0. The summed E-state index contributed by atoms with van der Waals surface area (Å²) in [5, 5.41) is 7.32. The molecule has 2 aromatic rings. The lowest BCUT2D eigenvalue weighted by molar-refractivity contribution is -0.131. The third-order valence-electron chi connectivity index (χ3n) is 5.09. The molecule has 1 atom stereocenters. The number of benzene rings is 1. The quantitative estimate of drug-likeness (QED) is 0.851. The van der Waals surface area contributed by atoms with Crippen molar-refractivity contribution in [2.24, 2.45) is 0 Å². The number of rotatable bonds is 4. The van der Waals surface area contributed by atoms with Crippen LogP contribution in [0.1, 0.15) is 48.2 Å². The Morgan fingerprint density at radius 3 is 2.96 bits per heavy atom. The SMILES string of the molecule is CCn1c([C@H]2CCCN(C(=O)Cc3cc(C)ccc3C)C2)n[nH]c1=S. The molecule has 5 nitrogen and oxygen atoms in total. The van der Waals surface area contributed by atoms with Crippen LogP contribution in [0, 0.1) is 18.6 Å². The van der Waals surface area contributed by atoms with Crippen LogP contribution in [0.15, 0.2) is 18.2 Å². The summed E-state index contributed by atoms with van der Waals surface area (Å²) < 4.78 is 2.70. The first kappa shape index (κ1) is 17.9. The summed E-state index contributed by atoms with van der Waals surface area (Å²) in [5.74, 6) is 1.44. The van der Waals surface area contributed by atoms with Gasteiger partial charge in [0.15, 0.2) is 4.77 Å². The van der Waals surface area contributed by atoms with Crippen molar-refractivity contribution in [2.45, 2.75) is 52.5 Å². The average molecular weight is 359 g/mol. The van der Waals surface area contributed by atoms with Crippen molar-refractivity contribution in [3.05, 3.63) is 45.5 Å². The van der Waals surface area contributed by atoms with E-state index in [-0.39, 0.29) is 11.8 Å². The minimum absolute atomic E-state index is 0.204. The molecule has 2 heterocycles. The summed E-state index contributed by atoms with van der Waals surface area (Å²) in [5.41, 5.74) is 3.51. The second-order valence-electron chi connectivity index (χ2n) is 6.92. The number of hydrogen-bond acceptors (Lipinski definition) is 3. The molecule has 1 N–H and O–H groups in total. The fourth-order valence-corrected chi connectivity index (χ4v) is 3.90. The summed E-state index contributed by atoms with van der Waals surface area (Å²) >= 11 is 5.30. The van der Waals surface area contributed by atoms with Gasteiger partial charge in [0, 0.05) is 25.6 Å². The number of nitrogens with zero attached hydrogens (tertiary/aromatic N) is 3. The zero-order valence-electron chi connectivity index (χ0n) is 15.2. The molecule has 0 aliphatic carbocycles. The minimum atomic E-state index is 0.204. The van der Waals surface area contributed by atoms with Gasteiger partial charge in [0.05, 0.1) is 6.42 Å². The van der Waals surface area contributed by atoms with Crippen LogP contribution in [-0.2, 0) is 17.8 Å². The molecule has 1 aliphatic rings. The molecular formula is C19H26N4OS. The predicted octanol–water partition coefficient (Wildman–Crippen LogP) is 3.53. The number of nitrogens with one attached hydrogen (secondary N) is 1. The fourth-order valence-electron chi connectivity index (χ4n) is 3.63. The Bertz CT molecular complexity index is 823. The molecule has 0 radical (unpaired) electrons. The molecule has 134 valence electrons. The molecule has 1 saturated heterocycles. The monoisotopic (exact) mass is 358 g/mol. The van der Waals surface area contributed by atoms with E-state index in [1.807, 2.05) is 9.47 Å². The lowest BCUT2D eigenvalue weighted by atomic mass is 9.96. The lowest BCUT2D eigenvalue weighted by Gasteiger charge is -2.32. The molecule has 0 bridgehead atoms. The second kappa shape index (κ2) is 7.52. The zero-order valence-corrected chi connectivity index (χ0v) is 16.0. The summed E-state index contributed by atoms with van der Waals surface area (Å²) in [6, 6.07) is 6.31. The van der Waals surface area contributed by atoms with E-state index < -0.39 is 0 Å². The number of piperidine rings is 1. The predicted molar refractivity (Wildman–Crippen MR) is 101 cm³/mol. The van der Waals surface area contributed by atoms with E-state index in [0.29, 0.717) is 11.2 Å². The maximum atomic E-state index is 12.8. The Labute approximate surface area is 154 Å². The number of aromatic amines is 1. The van der Waals surface area contributed by atoms with Gasteiger partial charge >= 0.3 is 0 Å². The van der Waals surface area contributed by atoms with Crippen LogP contribution in [0.5, 0.6) is 0 Å². The number of aryl methyl sites for hydroxylation is 2. The fraction of sp³-hybridized carbons (Fsp3) is 0.526. The van der Waals surface area contributed by atoms with Gasteiger partial charge in [0.2, 0.25) is 5.91 Å². The standard InChI is InChI=1S/C19H26N4OS/c1-4-23-18(20-21-19(23)25)15-6-5-9-22(12-15)17(24)11-16-10-13(2)7-8-14(16)3/h7-8,10,15H,4-6,9,11-12H2,1-3H3,(H,21,25)/t15-/m0/s1. The third kappa shape index (κ3) is 3.84. The highest BCUT2D eigenvalue weighted by Crippen LogP contribution is 2.26. The van der Waals surface area contributed by atoms with Gasteiger partial charge in [0.25, 0.3) is 0 Å². The first-order chi connectivity index (χ1) is 12.0. The van der Waals surface area contributed by atoms with Crippen LogP contribution >= 0.6 is 12.2 Å². The normalized spacial score (nSPS) is 17.7. The molecule has 0 saturated carbocycles. The van der Waals surface area contributed by atoms with Gasteiger partial charge in [0.1, 0.15) is 5.82 Å². The Morgan fingerprint density at radius 1 is 1.40 bits per heavy atom. The maximum absolute atomic E-state index is 12.8. The van der Waals surface area contributed by atoms with E-state index in [9.17, 15) is 4.79 Å². The number of hydrogen-bond donors (Lipinski definition) is 1. The molecule has 0 unspecified atom stereocenters. The number of carbonyl (C=O) groups is 1. The molecule has 1 aromatic carbocycles. The van der Waals surface area contributed by atoms with Gasteiger partial charge in [-0.15, -0.1) is 0 Å². The molecule has 3 rings (SSSR count). The van der Waals surface area contributed by atoms with Gasteiger partial charge in [-0.2, -0.15) is 5.10 Å². The average Bonchev–Trinajstić information content (AvgIpc) is 2.99. The maximum Gasteiger partial charge on any atom is 0.227 e. The number of likely N-dealkylation sites (tertiary alicyclic amines) is 1. The molecule has 1 amide bonds. The number of aromatic nitrogens is 3. The molecule has 1 aromatic heterocycles. The van der Waals surface area contributed by atoms with Crippen LogP contribution in [0.25, 0.3) is 0 Å². The van der Waals surface area contributed by atoms with Crippen LogP contribution < -0.4 is 0 Å². The Kier molecular flexibility index (Phi) is 5.37. The Hall–Kier alpha value is -1.95. The molecular weight excluding hydrogens is 332 g/mol. The van der Waals surface area contributed by atoms with Gasteiger partial charge in [-0.1, -0.05) is 23.8 Å². The van der Waals surface area contributed by atoms with Gasteiger partial charge in [-0.05, 0) is 57.0 Å². The van der Waals surface area contributed by atoms with E-state index in [1.165, 1.54) is 11.1 Å². The Balaban J connectivity index is 1.73. The summed E-state index contributed by atoms with van der Waals surface area (Å²) in [4.78, 5) is 14.8. The highest BCUT2D eigenvalue weighted by molar-refractivity contribution is 7.71. The van der Waals surface area contributed by atoms with Crippen molar-refractivity contribution in [1.82, 2.24) is 19.7 Å². The Morgan fingerprint density at radius 2 is 2.20 bits per heavy atom. The highest BCUT2D eigenvalue weighted by atomic mass is 32.1. The first-order valence-corrected chi connectivity index (χ1v) is 9.39. The van der Waals surface area contributed by atoms with Crippen LogP contribution in [0.4, 0.5) is 0 Å². The second-order valence-corrected chi connectivity index (χ2v) is 7.30. The van der Waals surface area contributed by atoms with Crippen molar-refractivity contribution >= 4 is 18.1 Å². The smallest absolute Gasteiger partial charge is 0.227 e. The van der Waals surface area contributed by atoms with Crippen molar-refractivity contribution in [2.75, 3.05) is 13.1 Å². The molecule has 1 aliphatic heterocycles. The van der Waals surface area contributed by atoms with E-state index in [1.54, 1.807) is 0 Å².